The van der Waals surface area contributed by atoms with Gasteiger partial charge in [-0.1, -0.05) is 42.5 Å². The fourth-order valence-electron chi connectivity index (χ4n) is 4.09. The second-order valence-corrected chi connectivity index (χ2v) is 10.7. The Labute approximate surface area is 220 Å². The summed E-state index contributed by atoms with van der Waals surface area (Å²) in [6.45, 7) is 2.44. The summed E-state index contributed by atoms with van der Waals surface area (Å²) in [6, 6.07) is 17.1. The van der Waals surface area contributed by atoms with E-state index < -0.39 is 18.2 Å². The van der Waals surface area contributed by atoms with Crippen LogP contribution in [0.1, 0.15) is 41.5 Å². The molecule has 2 aromatic heterocycles. The van der Waals surface area contributed by atoms with E-state index in [4.69, 9.17) is 10.5 Å². The quantitative estimate of drug-likeness (QED) is 0.336. The summed E-state index contributed by atoms with van der Waals surface area (Å²) in [5.41, 5.74) is 6.35. The molecule has 1 unspecified atom stereocenters. The van der Waals surface area contributed by atoms with E-state index in [9.17, 15) is 14.4 Å². The highest BCUT2D eigenvalue weighted by Crippen LogP contribution is 2.22. The smallest absolute Gasteiger partial charge is 0.404 e. The maximum absolute atomic E-state index is 13.8. The molecule has 0 aliphatic carbocycles. The molecule has 1 aromatic carbocycles. The van der Waals surface area contributed by atoms with E-state index in [-0.39, 0.29) is 11.8 Å². The van der Waals surface area contributed by atoms with Crippen molar-refractivity contribution in [3.8, 4) is 0 Å². The van der Waals surface area contributed by atoms with Crippen molar-refractivity contribution in [2.45, 2.75) is 57.8 Å². The Morgan fingerprint density at radius 2 is 1.53 bits per heavy atom. The van der Waals surface area contributed by atoms with Crippen molar-refractivity contribution in [2.24, 2.45) is 5.73 Å². The molecule has 0 aliphatic heterocycles. The number of nitrogens with zero attached hydrogens (tertiary/aromatic N) is 2. The van der Waals surface area contributed by atoms with Crippen LogP contribution in [0, 0.1) is 0 Å². The van der Waals surface area contributed by atoms with Crippen molar-refractivity contribution in [3.63, 3.8) is 0 Å². The number of hydrogen-bond acceptors (Lipinski definition) is 6. The summed E-state index contributed by atoms with van der Waals surface area (Å²) < 4.78 is 5.36. The molecule has 0 radical (unpaired) electrons. The van der Waals surface area contributed by atoms with Gasteiger partial charge in [0.15, 0.2) is 0 Å². The molecule has 0 saturated carbocycles. The van der Waals surface area contributed by atoms with Crippen molar-refractivity contribution < 1.29 is 19.1 Å². The predicted molar refractivity (Wildman–Crippen MR) is 144 cm³/mol. The molecule has 3 rings (SSSR count). The number of thiophene rings is 2. The third-order valence-electron chi connectivity index (χ3n) is 6.01. The number of ether oxygens (including phenoxy) is 1. The van der Waals surface area contributed by atoms with Crippen LogP contribution in [0.15, 0.2) is 65.4 Å². The topological polar surface area (TPSA) is 92.9 Å². The average Bonchev–Trinajstić information content (AvgIpc) is 3.55. The zero-order valence-electron chi connectivity index (χ0n) is 20.7. The molecule has 3 amide bonds. The van der Waals surface area contributed by atoms with Crippen LogP contribution in [0.25, 0.3) is 0 Å². The third-order valence-corrected chi connectivity index (χ3v) is 7.73. The molecule has 192 valence electrons. The minimum Gasteiger partial charge on any atom is -0.446 e. The summed E-state index contributed by atoms with van der Waals surface area (Å²) in [5, 5.41) is 3.99. The van der Waals surface area contributed by atoms with Crippen molar-refractivity contribution in [2.75, 3.05) is 7.05 Å². The number of rotatable bonds is 13. The van der Waals surface area contributed by atoms with Gasteiger partial charge < -0.3 is 20.3 Å². The van der Waals surface area contributed by atoms with Gasteiger partial charge in [0, 0.05) is 30.1 Å². The van der Waals surface area contributed by atoms with Gasteiger partial charge in [0.2, 0.25) is 11.8 Å². The molecule has 2 atom stereocenters. The highest BCUT2D eigenvalue weighted by atomic mass is 32.1. The highest BCUT2D eigenvalue weighted by molar-refractivity contribution is 7.10. The first kappa shape index (κ1) is 27.4. The number of carbonyl (C=O) groups excluding carboxylic acids is 3. The summed E-state index contributed by atoms with van der Waals surface area (Å²) >= 11 is 3.21. The maximum Gasteiger partial charge on any atom is 0.404 e. The Bertz CT molecular complexity index is 1050. The lowest BCUT2D eigenvalue weighted by atomic mass is 10.00. The molecular formula is C27H33N3O4S2. The predicted octanol–water partition coefficient (Wildman–Crippen LogP) is 5.06. The van der Waals surface area contributed by atoms with E-state index in [0.717, 1.165) is 15.3 Å². The monoisotopic (exact) mass is 527 g/mol. The average molecular weight is 528 g/mol. The third kappa shape index (κ3) is 8.49. The SMILES string of the molecule is CC(=O)N(C)[C@@H](CCCC(Cc1ccccc1)OC(N)=O)C(=O)N(Cc1cccs1)Cc1cccs1. The van der Waals surface area contributed by atoms with E-state index in [1.807, 2.05) is 70.3 Å². The van der Waals surface area contributed by atoms with E-state index in [1.165, 1.54) is 11.8 Å². The van der Waals surface area contributed by atoms with Gasteiger partial charge in [0.25, 0.3) is 0 Å². The zero-order valence-corrected chi connectivity index (χ0v) is 22.3. The molecule has 7 nitrogen and oxygen atoms in total. The lowest BCUT2D eigenvalue weighted by Gasteiger charge is -2.32. The molecule has 0 fully saturated rings. The number of benzene rings is 1. The lowest BCUT2D eigenvalue weighted by Crippen LogP contribution is -2.48. The van der Waals surface area contributed by atoms with Crippen LogP contribution in [0.3, 0.4) is 0 Å². The number of primary amides is 1. The summed E-state index contributed by atoms with van der Waals surface area (Å²) in [7, 11) is 1.67. The molecule has 2 N–H and O–H groups in total. The summed E-state index contributed by atoms with van der Waals surface area (Å²) in [5.74, 6) is -0.264. The van der Waals surface area contributed by atoms with Gasteiger partial charge in [0.1, 0.15) is 12.1 Å². The van der Waals surface area contributed by atoms with E-state index >= 15 is 0 Å². The van der Waals surface area contributed by atoms with Gasteiger partial charge in [-0.2, -0.15) is 0 Å². The zero-order chi connectivity index (χ0) is 25.9. The number of carbonyl (C=O) groups is 3. The summed E-state index contributed by atoms with van der Waals surface area (Å²) in [4.78, 5) is 43.1. The molecule has 3 aromatic rings. The minimum absolute atomic E-state index is 0.0927. The van der Waals surface area contributed by atoms with Crippen LogP contribution >= 0.6 is 22.7 Å². The Balaban J connectivity index is 1.72. The van der Waals surface area contributed by atoms with Crippen LogP contribution in [-0.4, -0.2) is 46.9 Å². The standard InChI is InChI=1S/C27H33N3O4S2/c1-20(31)29(2)25(14-6-11-22(34-27(28)33)17-21-9-4-3-5-10-21)26(32)30(18-23-12-7-15-35-23)19-24-13-8-16-36-24/h3-5,7-10,12-13,15-16,22,25H,6,11,14,17-19H2,1-2H3,(H2,28,33)/t22?,25-/m0/s1. The molecule has 0 bridgehead atoms. The maximum atomic E-state index is 13.8. The second-order valence-electron chi connectivity index (χ2n) is 8.68. The van der Waals surface area contributed by atoms with Gasteiger partial charge >= 0.3 is 6.09 Å². The fraction of sp³-hybridized carbons (Fsp3) is 0.370. The first-order chi connectivity index (χ1) is 17.3. The Kier molecular flexibility index (Phi) is 10.5. The molecule has 0 aliphatic rings. The van der Waals surface area contributed by atoms with E-state index in [0.29, 0.717) is 38.8 Å². The molecule has 2 heterocycles. The number of hydrogen-bond donors (Lipinski definition) is 1. The Hall–Kier alpha value is -3.17. The molecular weight excluding hydrogens is 494 g/mol. The summed E-state index contributed by atoms with van der Waals surface area (Å²) in [6.07, 6.45) is 0.883. The Morgan fingerprint density at radius 3 is 2.03 bits per heavy atom. The molecule has 0 saturated heterocycles. The van der Waals surface area contributed by atoms with Crippen molar-refractivity contribution in [1.82, 2.24) is 9.80 Å². The highest BCUT2D eigenvalue weighted by Gasteiger charge is 2.30. The molecule has 0 spiro atoms. The van der Waals surface area contributed by atoms with Crippen molar-refractivity contribution in [3.05, 3.63) is 80.7 Å². The van der Waals surface area contributed by atoms with E-state index in [2.05, 4.69) is 0 Å². The molecule has 36 heavy (non-hydrogen) atoms. The van der Waals surface area contributed by atoms with Gasteiger partial charge in [-0.25, -0.2) is 4.79 Å². The second kappa shape index (κ2) is 13.8. The minimum atomic E-state index is -0.817. The van der Waals surface area contributed by atoms with Crippen LogP contribution in [-0.2, 0) is 33.8 Å². The van der Waals surface area contributed by atoms with Crippen molar-refractivity contribution in [1.29, 1.82) is 0 Å². The first-order valence-corrected chi connectivity index (χ1v) is 13.7. The van der Waals surface area contributed by atoms with Gasteiger partial charge in [-0.15, -0.1) is 22.7 Å². The van der Waals surface area contributed by atoms with Gasteiger partial charge in [-0.05, 0) is 47.7 Å². The fourth-order valence-corrected chi connectivity index (χ4v) is 5.53. The van der Waals surface area contributed by atoms with Crippen LogP contribution in [0.2, 0.25) is 0 Å². The molecule has 9 heteroatoms. The van der Waals surface area contributed by atoms with Gasteiger partial charge in [0.05, 0.1) is 13.1 Å². The largest absolute Gasteiger partial charge is 0.446 e. The van der Waals surface area contributed by atoms with Crippen molar-refractivity contribution >= 4 is 40.6 Å². The van der Waals surface area contributed by atoms with Crippen LogP contribution in [0.5, 0.6) is 0 Å². The Morgan fingerprint density at radius 1 is 0.917 bits per heavy atom. The van der Waals surface area contributed by atoms with E-state index in [1.54, 1.807) is 29.7 Å². The number of likely N-dealkylation sites (N-methyl/N-ethyl adjacent to an activating group) is 1. The van der Waals surface area contributed by atoms with Crippen LogP contribution in [0.4, 0.5) is 4.79 Å². The lowest BCUT2D eigenvalue weighted by molar-refractivity contribution is -0.144. The first-order valence-electron chi connectivity index (χ1n) is 11.9. The number of nitrogens with two attached hydrogens (primary N) is 1. The number of amides is 3. The normalized spacial score (nSPS) is 12.5. The van der Waals surface area contributed by atoms with Crippen LogP contribution < -0.4 is 5.73 Å². The van der Waals surface area contributed by atoms with Gasteiger partial charge in [-0.3, -0.25) is 9.59 Å².